The quantitative estimate of drug-likeness (QED) is 0.492. The first-order valence-corrected chi connectivity index (χ1v) is 6.62. The van der Waals surface area contributed by atoms with Gasteiger partial charge in [-0.2, -0.15) is 17.2 Å². The zero-order valence-corrected chi connectivity index (χ0v) is 11.5. The number of hydrogen-bond donors (Lipinski definition) is 2. The Kier molecular flexibility index (Phi) is 8.84. The van der Waals surface area contributed by atoms with E-state index >= 15 is 0 Å². The second-order valence-electron chi connectivity index (χ2n) is 4.02. The van der Waals surface area contributed by atoms with Crippen LogP contribution in [-0.4, -0.2) is 61.7 Å². The molecule has 6 atom stereocenters. The van der Waals surface area contributed by atoms with Gasteiger partial charge >= 0.3 is 16.0 Å². The molecule has 4 nitrogen and oxygen atoms in total. The van der Waals surface area contributed by atoms with Crippen molar-refractivity contribution >= 4 is 10.1 Å². The Hall–Kier alpha value is -0.830. The Bertz CT molecular complexity index is 463. The Labute approximate surface area is 123 Å². The average molecular weight is 391 g/mol. The summed E-state index contributed by atoms with van der Waals surface area (Å²) in [6.07, 6.45) is -25.6. The van der Waals surface area contributed by atoms with Gasteiger partial charge in [0.15, 0.2) is 24.7 Å². The standard InChI is InChI=1S/C8H8F10O3S.H3N/c9-1(2(10)4(12)6(14)15)3(11)5(13)8(17,18)7(16)22(19,20)21;/h1-7H,(H,19,20,21);1H3. The second kappa shape index (κ2) is 8.32. The predicted molar refractivity (Wildman–Crippen MR) is 56.9 cm³/mol. The van der Waals surface area contributed by atoms with Crippen molar-refractivity contribution in [2.75, 3.05) is 0 Å². The lowest BCUT2D eigenvalue weighted by Crippen LogP contribution is -2.52. The summed E-state index contributed by atoms with van der Waals surface area (Å²) in [5.41, 5.74) is -4.74. The van der Waals surface area contributed by atoms with Crippen LogP contribution in [0.15, 0.2) is 0 Å². The van der Waals surface area contributed by atoms with Crippen molar-refractivity contribution in [1.82, 2.24) is 6.15 Å². The molecule has 0 spiro atoms. The van der Waals surface area contributed by atoms with Crippen LogP contribution in [0.3, 0.4) is 0 Å². The molecule has 0 bridgehead atoms. The van der Waals surface area contributed by atoms with E-state index in [1.54, 1.807) is 0 Å². The van der Waals surface area contributed by atoms with Gasteiger partial charge in [-0.05, 0) is 0 Å². The average Bonchev–Trinajstić information content (AvgIpc) is 2.40. The van der Waals surface area contributed by atoms with Crippen molar-refractivity contribution in [1.29, 1.82) is 0 Å². The van der Waals surface area contributed by atoms with E-state index < -0.39 is 58.8 Å². The maximum Gasteiger partial charge on any atom is 0.328 e. The summed E-state index contributed by atoms with van der Waals surface area (Å²) in [4.78, 5) is 0. The fourth-order valence-electron chi connectivity index (χ4n) is 1.19. The topological polar surface area (TPSA) is 89.4 Å². The lowest BCUT2D eigenvalue weighted by atomic mass is 10.0. The van der Waals surface area contributed by atoms with Gasteiger partial charge in [0, 0.05) is 0 Å². The summed E-state index contributed by atoms with van der Waals surface area (Å²) >= 11 is 0. The molecule has 0 heterocycles. The Morgan fingerprint density at radius 3 is 1.39 bits per heavy atom. The Morgan fingerprint density at radius 1 is 0.739 bits per heavy atom. The molecule has 15 heteroatoms. The Balaban J connectivity index is 0. The summed E-state index contributed by atoms with van der Waals surface area (Å²) in [7, 11) is -6.25. The highest BCUT2D eigenvalue weighted by Crippen LogP contribution is 2.36. The minimum atomic E-state index is -6.25. The molecule has 142 valence electrons. The molecule has 0 aromatic rings. The molecule has 0 aromatic heterocycles. The number of rotatable bonds is 8. The first-order valence-electron chi connectivity index (χ1n) is 5.12. The summed E-state index contributed by atoms with van der Waals surface area (Å²) in [5.74, 6) is -5.90. The minimum absolute atomic E-state index is 0. The van der Waals surface area contributed by atoms with Crippen molar-refractivity contribution in [3.05, 3.63) is 0 Å². The summed E-state index contributed by atoms with van der Waals surface area (Å²) in [5, 5.41) is 0. The van der Waals surface area contributed by atoms with E-state index in [-0.39, 0.29) is 6.15 Å². The van der Waals surface area contributed by atoms with Crippen LogP contribution in [0.2, 0.25) is 0 Å². The molecule has 0 aliphatic rings. The molecule has 4 N–H and O–H groups in total. The van der Waals surface area contributed by atoms with E-state index in [0.717, 1.165) is 0 Å². The monoisotopic (exact) mass is 391 g/mol. The van der Waals surface area contributed by atoms with Crippen molar-refractivity contribution in [2.45, 2.75) is 48.7 Å². The first-order chi connectivity index (χ1) is 9.65. The van der Waals surface area contributed by atoms with Crippen molar-refractivity contribution in [3.8, 4) is 0 Å². The van der Waals surface area contributed by atoms with Crippen molar-refractivity contribution in [3.63, 3.8) is 0 Å². The lowest BCUT2D eigenvalue weighted by molar-refractivity contribution is -0.145. The third-order valence-electron chi connectivity index (χ3n) is 2.36. The van der Waals surface area contributed by atoms with E-state index in [2.05, 4.69) is 0 Å². The van der Waals surface area contributed by atoms with Crippen LogP contribution in [0.1, 0.15) is 0 Å². The maximum atomic E-state index is 13.0. The predicted octanol–water partition coefficient (Wildman–Crippen LogP) is 2.92. The number of alkyl halides is 10. The van der Waals surface area contributed by atoms with Gasteiger partial charge in [-0.15, -0.1) is 0 Å². The highest BCUT2D eigenvalue weighted by Gasteiger charge is 2.60. The van der Waals surface area contributed by atoms with E-state index in [4.69, 9.17) is 4.55 Å². The normalized spacial score (nSPS) is 21.0. The van der Waals surface area contributed by atoms with Crippen molar-refractivity contribution in [2.24, 2.45) is 0 Å². The molecule has 0 saturated heterocycles. The second-order valence-corrected chi connectivity index (χ2v) is 5.46. The molecule has 0 saturated carbocycles. The lowest BCUT2D eigenvalue weighted by Gasteiger charge is -2.27. The van der Waals surface area contributed by atoms with Gasteiger partial charge in [0.25, 0.3) is 11.9 Å². The van der Waals surface area contributed by atoms with Gasteiger partial charge in [-0.1, -0.05) is 0 Å². The Morgan fingerprint density at radius 2 is 1.09 bits per heavy atom. The number of hydrogen-bond acceptors (Lipinski definition) is 3. The van der Waals surface area contributed by atoms with E-state index in [0.29, 0.717) is 0 Å². The summed E-state index contributed by atoms with van der Waals surface area (Å²) in [6, 6.07) is 0. The third kappa shape index (κ3) is 5.63. The van der Waals surface area contributed by atoms with Crippen LogP contribution in [-0.2, 0) is 10.1 Å². The van der Waals surface area contributed by atoms with Crippen LogP contribution >= 0.6 is 0 Å². The van der Waals surface area contributed by atoms with Crippen LogP contribution in [0, 0.1) is 0 Å². The molecule has 0 amide bonds. The van der Waals surface area contributed by atoms with Gasteiger partial charge in [0.05, 0.1) is 0 Å². The van der Waals surface area contributed by atoms with Gasteiger partial charge in [-0.25, -0.2) is 35.1 Å². The number of halogens is 10. The van der Waals surface area contributed by atoms with Crippen molar-refractivity contribution < 1.29 is 56.9 Å². The van der Waals surface area contributed by atoms with Crippen LogP contribution in [0.4, 0.5) is 43.9 Å². The highest BCUT2D eigenvalue weighted by atomic mass is 32.2. The molecular weight excluding hydrogens is 380 g/mol. The molecule has 0 aliphatic carbocycles. The minimum Gasteiger partial charge on any atom is -0.344 e. The molecule has 6 unspecified atom stereocenters. The van der Waals surface area contributed by atoms with E-state index in [1.807, 2.05) is 0 Å². The fraction of sp³-hybridized carbons (Fsp3) is 1.00. The molecule has 0 fully saturated rings. The molecule has 0 rings (SSSR count). The first kappa shape index (κ1) is 24.4. The molecular formula is C8H11F10NO3S. The van der Waals surface area contributed by atoms with Crippen LogP contribution < -0.4 is 6.15 Å². The van der Waals surface area contributed by atoms with Gasteiger partial charge in [-0.3, -0.25) is 4.55 Å². The van der Waals surface area contributed by atoms with Gasteiger partial charge in [0.2, 0.25) is 6.17 Å². The summed E-state index contributed by atoms with van der Waals surface area (Å²) < 4.78 is 154. The molecule has 0 radical (unpaired) electrons. The zero-order valence-electron chi connectivity index (χ0n) is 10.7. The van der Waals surface area contributed by atoms with Crippen LogP contribution in [0.5, 0.6) is 0 Å². The van der Waals surface area contributed by atoms with E-state index in [9.17, 15) is 52.3 Å². The molecule has 23 heavy (non-hydrogen) atoms. The molecule has 0 aromatic carbocycles. The van der Waals surface area contributed by atoms with E-state index in [1.165, 1.54) is 0 Å². The maximum absolute atomic E-state index is 13.0. The molecule has 0 aliphatic heterocycles. The van der Waals surface area contributed by atoms with Crippen LogP contribution in [0.25, 0.3) is 0 Å². The largest absolute Gasteiger partial charge is 0.344 e. The fourth-order valence-corrected chi connectivity index (χ4v) is 1.71. The smallest absolute Gasteiger partial charge is 0.328 e. The zero-order chi connectivity index (χ0) is 18.0. The third-order valence-corrected chi connectivity index (χ3v) is 3.20. The van der Waals surface area contributed by atoms with Gasteiger partial charge < -0.3 is 6.15 Å². The highest BCUT2D eigenvalue weighted by molar-refractivity contribution is 7.86. The summed E-state index contributed by atoms with van der Waals surface area (Å²) in [6.45, 7) is 0. The van der Waals surface area contributed by atoms with Gasteiger partial charge in [0.1, 0.15) is 0 Å². The SMILES string of the molecule is N.O=S(=O)(O)C(F)C(F)(F)C(F)C(F)C(F)C(F)C(F)C(F)F.